The van der Waals surface area contributed by atoms with Crippen LogP contribution in [0.3, 0.4) is 0 Å². The first-order valence-corrected chi connectivity index (χ1v) is 13.2. The van der Waals surface area contributed by atoms with Gasteiger partial charge < -0.3 is 15.4 Å². The van der Waals surface area contributed by atoms with Crippen molar-refractivity contribution in [2.75, 3.05) is 0 Å². The van der Waals surface area contributed by atoms with Crippen molar-refractivity contribution in [2.45, 2.75) is 65.8 Å². The predicted octanol–water partition coefficient (Wildman–Crippen LogP) is 4.08. The largest absolute Gasteiger partial charge is 0.445 e. The second kappa shape index (κ2) is 14.2. The van der Waals surface area contributed by atoms with Crippen LogP contribution < -0.4 is 16.4 Å². The number of hydrogen-bond donors (Lipinski definition) is 2. The summed E-state index contributed by atoms with van der Waals surface area (Å²) >= 11 is 0. The molecule has 2 atom stereocenters. The Hall–Kier alpha value is -4.28. The molecule has 214 valence electrons. The van der Waals surface area contributed by atoms with Gasteiger partial charge in [0.25, 0.3) is 0 Å². The standard InChI is InChI=1S/C29H35FN4O6/c1-18(2)13-23(25(35)16-34-26(33-40-29(34)38)21-11-8-12-22(30)15-21)31-27(36)24(14-19(3)4)32-28(37)39-17-20-9-6-5-7-10-20/h5-12,15,18-19,23-24H,13-14,16-17H2,1-4H3,(H,31,36)(H,32,37)/t23-,24-/m0/s1. The Kier molecular flexibility index (Phi) is 10.7. The summed E-state index contributed by atoms with van der Waals surface area (Å²) in [6, 6.07) is 12.6. The molecule has 0 saturated carbocycles. The van der Waals surface area contributed by atoms with Crippen LogP contribution in [0, 0.1) is 17.7 Å². The number of carbonyl (C=O) groups is 3. The summed E-state index contributed by atoms with van der Waals surface area (Å²) in [5.74, 6) is -2.39. The minimum atomic E-state index is -0.966. The highest BCUT2D eigenvalue weighted by Crippen LogP contribution is 2.18. The lowest BCUT2D eigenvalue weighted by Crippen LogP contribution is -2.53. The smallest absolute Gasteiger partial charge is 0.442 e. The first kappa shape index (κ1) is 30.3. The van der Waals surface area contributed by atoms with E-state index in [4.69, 9.17) is 9.26 Å². The molecule has 0 bridgehead atoms. The van der Waals surface area contributed by atoms with Gasteiger partial charge in [0.15, 0.2) is 11.6 Å². The molecule has 11 heteroatoms. The van der Waals surface area contributed by atoms with Crippen molar-refractivity contribution < 1.29 is 28.0 Å². The normalized spacial score (nSPS) is 12.7. The van der Waals surface area contributed by atoms with E-state index in [9.17, 15) is 23.6 Å². The van der Waals surface area contributed by atoms with Gasteiger partial charge in [0.1, 0.15) is 18.5 Å². The Bertz CT molecular complexity index is 1350. The Labute approximate surface area is 231 Å². The Morgan fingerprint density at radius 2 is 1.62 bits per heavy atom. The van der Waals surface area contributed by atoms with Crippen LogP contribution in [0.1, 0.15) is 46.1 Å². The van der Waals surface area contributed by atoms with Gasteiger partial charge in [-0.2, -0.15) is 0 Å². The number of aromatic nitrogens is 2. The SMILES string of the molecule is CC(C)C[C@H](NC(=O)[C@H](CC(C)C)NC(=O)OCc1ccccc1)C(=O)Cn1c(-c2cccc(F)c2)noc1=O. The van der Waals surface area contributed by atoms with Gasteiger partial charge in [-0.15, -0.1) is 0 Å². The second-order valence-electron chi connectivity index (χ2n) is 10.4. The molecule has 3 aromatic rings. The molecule has 0 aliphatic carbocycles. The highest BCUT2D eigenvalue weighted by atomic mass is 19.1. The minimum Gasteiger partial charge on any atom is -0.445 e. The number of halogens is 1. The van der Waals surface area contributed by atoms with E-state index in [0.29, 0.717) is 6.42 Å². The van der Waals surface area contributed by atoms with Gasteiger partial charge in [0.05, 0.1) is 12.6 Å². The maximum Gasteiger partial charge on any atom is 0.442 e. The van der Waals surface area contributed by atoms with Crippen LogP contribution in [0.25, 0.3) is 11.4 Å². The van der Waals surface area contributed by atoms with E-state index in [1.807, 2.05) is 58.0 Å². The summed E-state index contributed by atoms with van der Waals surface area (Å²) in [6.45, 7) is 7.17. The van der Waals surface area contributed by atoms with E-state index in [2.05, 4.69) is 15.8 Å². The number of hydrogen-bond acceptors (Lipinski definition) is 7. The van der Waals surface area contributed by atoms with E-state index in [1.54, 1.807) is 0 Å². The van der Waals surface area contributed by atoms with Crippen molar-refractivity contribution in [2.24, 2.45) is 11.8 Å². The number of amides is 2. The number of ketones is 1. The van der Waals surface area contributed by atoms with Crippen molar-refractivity contribution in [3.8, 4) is 11.4 Å². The van der Waals surface area contributed by atoms with Crippen LogP contribution >= 0.6 is 0 Å². The monoisotopic (exact) mass is 554 g/mol. The van der Waals surface area contributed by atoms with Crippen LogP contribution in [0.5, 0.6) is 0 Å². The van der Waals surface area contributed by atoms with Gasteiger partial charge in [-0.05, 0) is 42.4 Å². The molecule has 10 nitrogen and oxygen atoms in total. The third-order valence-corrected chi connectivity index (χ3v) is 6.02. The van der Waals surface area contributed by atoms with Crippen molar-refractivity contribution in [1.29, 1.82) is 0 Å². The molecule has 2 N–H and O–H groups in total. The molecule has 0 aliphatic heterocycles. The third-order valence-electron chi connectivity index (χ3n) is 6.02. The Balaban J connectivity index is 1.73. The molecule has 2 aromatic carbocycles. The number of rotatable bonds is 13. The number of alkyl carbamates (subject to hydrolysis) is 1. The summed E-state index contributed by atoms with van der Waals surface area (Å²) < 4.78 is 24.8. The lowest BCUT2D eigenvalue weighted by Gasteiger charge is -2.25. The zero-order valence-electron chi connectivity index (χ0n) is 23.1. The fraction of sp³-hybridized carbons (Fsp3) is 0.414. The molecule has 0 saturated heterocycles. The summed E-state index contributed by atoms with van der Waals surface area (Å²) in [5, 5.41) is 9.06. The summed E-state index contributed by atoms with van der Waals surface area (Å²) in [4.78, 5) is 51.5. The van der Waals surface area contributed by atoms with Crippen LogP contribution in [0.2, 0.25) is 0 Å². The molecule has 1 aromatic heterocycles. The third kappa shape index (κ3) is 8.89. The van der Waals surface area contributed by atoms with Crippen LogP contribution in [-0.2, 0) is 27.5 Å². The first-order chi connectivity index (χ1) is 19.0. The van der Waals surface area contributed by atoms with E-state index in [1.165, 1.54) is 24.3 Å². The average molecular weight is 555 g/mol. The van der Waals surface area contributed by atoms with Gasteiger partial charge in [0, 0.05) is 5.56 Å². The number of ether oxygens (including phenoxy) is 1. The molecule has 0 fully saturated rings. The molecular formula is C29H35FN4O6. The zero-order chi connectivity index (χ0) is 29.2. The van der Waals surface area contributed by atoms with Gasteiger partial charge >= 0.3 is 11.8 Å². The lowest BCUT2D eigenvalue weighted by molar-refractivity contribution is -0.129. The van der Waals surface area contributed by atoms with E-state index < -0.39 is 48.0 Å². The van der Waals surface area contributed by atoms with Crippen LogP contribution in [-0.4, -0.2) is 39.6 Å². The quantitative estimate of drug-likeness (QED) is 0.325. The fourth-order valence-corrected chi connectivity index (χ4v) is 4.13. The van der Waals surface area contributed by atoms with Gasteiger partial charge in [0.2, 0.25) is 5.91 Å². The topological polar surface area (TPSA) is 133 Å². The average Bonchev–Trinajstić information content (AvgIpc) is 3.26. The molecule has 0 unspecified atom stereocenters. The van der Waals surface area contributed by atoms with E-state index >= 15 is 0 Å². The van der Waals surface area contributed by atoms with E-state index in [0.717, 1.165) is 10.1 Å². The number of Topliss-reactive ketones (excluding diaryl/α,β-unsaturated/α-hetero) is 1. The summed E-state index contributed by atoms with van der Waals surface area (Å²) in [6.07, 6.45) is -0.164. The molecule has 1 heterocycles. The van der Waals surface area contributed by atoms with Crippen molar-refractivity contribution in [1.82, 2.24) is 20.4 Å². The maximum absolute atomic E-state index is 13.8. The maximum atomic E-state index is 13.8. The molecular weight excluding hydrogens is 519 g/mol. The van der Waals surface area contributed by atoms with Crippen LogP contribution in [0.4, 0.5) is 9.18 Å². The van der Waals surface area contributed by atoms with Gasteiger partial charge in [-0.25, -0.2) is 18.5 Å². The minimum absolute atomic E-state index is 0.00649. The van der Waals surface area contributed by atoms with Gasteiger partial charge in [-0.1, -0.05) is 75.3 Å². The Morgan fingerprint density at radius 1 is 0.950 bits per heavy atom. The lowest BCUT2D eigenvalue weighted by atomic mass is 9.98. The highest BCUT2D eigenvalue weighted by Gasteiger charge is 2.29. The molecule has 0 radical (unpaired) electrons. The van der Waals surface area contributed by atoms with Crippen molar-refractivity contribution >= 4 is 17.8 Å². The van der Waals surface area contributed by atoms with Crippen LogP contribution in [0.15, 0.2) is 63.9 Å². The fourth-order valence-electron chi connectivity index (χ4n) is 4.13. The van der Waals surface area contributed by atoms with E-state index in [-0.39, 0.29) is 36.3 Å². The second-order valence-corrected chi connectivity index (χ2v) is 10.4. The molecule has 40 heavy (non-hydrogen) atoms. The molecule has 0 spiro atoms. The predicted molar refractivity (Wildman–Crippen MR) is 146 cm³/mol. The van der Waals surface area contributed by atoms with Crippen molar-refractivity contribution in [3.63, 3.8) is 0 Å². The van der Waals surface area contributed by atoms with Gasteiger partial charge in [-0.3, -0.25) is 14.1 Å². The molecule has 0 aliphatic rings. The zero-order valence-corrected chi connectivity index (χ0v) is 23.1. The van der Waals surface area contributed by atoms with Crippen molar-refractivity contribution in [3.05, 3.63) is 76.5 Å². The molecule has 3 rings (SSSR count). The first-order valence-electron chi connectivity index (χ1n) is 13.2. The Morgan fingerprint density at radius 3 is 2.27 bits per heavy atom. The summed E-state index contributed by atoms with van der Waals surface area (Å²) in [7, 11) is 0. The number of nitrogens with one attached hydrogen (secondary N) is 2. The highest BCUT2D eigenvalue weighted by molar-refractivity contribution is 5.92. The number of benzene rings is 2. The summed E-state index contributed by atoms with van der Waals surface area (Å²) in [5.41, 5.74) is 1.06. The molecule has 2 amide bonds. The number of carbonyl (C=O) groups excluding carboxylic acids is 3. The number of nitrogens with zero attached hydrogens (tertiary/aromatic N) is 2.